The molecule has 1 aliphatic heterocycles. The van der Waals surface area contributed by atoms with Crippen LogP contribution >= 0.6 is 11.3 Å². The van der Waals surface area contributed by atoms with Crippen LogP contribution in [0.5, 0.6) is 0 Å². The standard InChI is InChI=1S/C18H20N4O3S/c1-11-15(12(2)23)26-17(20-11)22-9-8-21(18(22)25)7-6-13-4-3-5-14(10-13)16(19)24/h3-5,10H,6-9H2,1-2H3,(H2,19,24). The van der Waals surface area contributed by atoms with E-state index in [-0.39, 0.29) is 11.8 Å². The van der Waals surface area contributed by atoms with Crippen LogP contribution in [0.3, 0.4) is 0 Å². The Kier molecular flexibility index (Phi) is 5.03. The van der Waals surface area contributed by atoms with Crippen molar-refractivity contribution in [1.29, 1.82) is 0 Å². The number of nitrogens with zero attached hydrogens (tertiary/aromatic N) is 3. The SMILES string of the molecule is CC(=O)c1sc(N2CCN(CCc3cccc(C(N)=O)c3)C2=O)nc1C. The van der Waals surface area contributed by atoms with Gasteiger partial charge in [0.2, 0.25) is 5.91 Å². The van der Waals surface area contributed by atoms with Crippen LogP contribution in [0.1, 0.15) is 38.2 Å². The van der Waals surface area contributed by atoms with E-state index >= 15 is 0 Å². The summed E-state index contributed by atoms with van der Waals surface area (Å²) in [5.41, 5.74) is 7.38. The molecule has 2 heterocycles. The molecular formula is C18H20N4O3S. The van der Waals surface area contributed by atoms with E-state index in [4.69, 9.17) is 5.73 Å². The lowest BCUT2D eigenvalue weighted by Crippen LogP contribution is -2.33. The Morgan fingerprint density at radius 2 is 2.08 bits per heavy atom. The average molecular weight is 372 g/mol. The topological polar surface area (TPSA) is 96.6 Å². The van der Waals surface area contributed by atoms with Crippen molar-refractivity contribution in [1.82, 2.24) is 9.88 Å². The maximum atomic E-state index is 12.7. The van der Waals surface area contributed by atoms with Crippen LogP contribution in [0.2, 0.25) is 0 Å². The summed E-state index contributed by atoms with van der Waals surface area (Å²) in [6, 6.07) is 7.01. The fourth-order valence-corrected chi connectivity index (χ4v) is 3.92. The van der Waals surface area contributed by atoms with Crippen molar-refractivity contribution in [3.63, 3.8) is 0 Å². The monoisotopic (exact) mass is 372 g/mol. The van der Waals surface area contributed by atoms with Gasteiger partial charge in [0.1, 0.15) is 0 Å². The van der Waals surface area contributed by atoms with E-state index in [0.29, 0.717) is 47.3 Å². The minimum Gasteiger partial charge on any atom is -0.366 e. The number of aromatic nitrogens is 1. The third-order valence-corrected chi connectivity index (χ3v) is 5.59. The van der Waals surface area contributed by atoms with E-state index in [1.807, 2.05) is 6.07 Å². The van der Waals surface area contributed by atoms with E-state index in [1.54, 1.807) is 34.9 Å². The van der Waals surface area contributed by atoms with Crippen molar-refractivity contribution in [3.05, 3.63) is 46.0 Å². The lowest BCUT2D eigenvalue weighted by molar-refractivity contribution is 0.0996. The maximum Gasteiger partial charge on any atom is 0.326 e. The number of primary amides is 1. The number of aryl methyl sites for hydroxylation is 1. The van der Waals surface area contributed by atoms with Crippen LogP contribution in [0.25, 0.3) is 0 Å². The highest BCUT2D eigenvalue weighted by Gasteiger charge is 2.32. The molecule has 7 nitrogen and oxygen atoms in total. The van der Waals surface area contributed by atoms with Gasteiger partial charge in [-0.05, 0) is 31.0 Å². The lowest BCUT2D eigenvalue weighted by atomic mass is 10.1. The highest BCUT2D eigenvalue weighted by Crippen LogP contribution is 2.29. The molecule has 1 saturated heterocycles. The van der Waals surface area contributed by atoms with E-state index in [1.165, 1.54) is 18.3 Å². The number of anilines is 1. The van der Waals surface area contributed by atoms with Gasteiger partial charge in [0.25, 0.3) is 0 Å². The summed E-state index contributed by atoms with van der Waals surface area (Å²) >= 11 is 1.26. The van der Waals surface area contributed by atoms with Gasteiger partial charge in [0.05, 0.1) is 10.6 Å². The minimum absolute atomic E-state index is 0.0379. The molecule has 2 N–H and O–H groups in total. The normalized spacial score (nSPS) is 14.2. The Bertz CT molecular complexity index is 877. The van der Waals surface area contributed by atoms with Crippen LogP contribution in [-0.2, 0) is 6.42 Å². The van der Waals surface area contributed by atoms with Crippen LogP contribution in [0, 0.1) is 6.92 Å². The molecular weight excluding hydrogens is 352 g/mol. The van der Waals surface area contributed by atoms with Crippen LogP contribution < -0.4 is 10.6 Å². The number of urea groups is 1. The van der Waals surface area contributed by atoms with Crippen molar-refractivity contribution >= 4 is 34.2 Å². The lowest BCUT2D eigenvalue weighted by Gasteiger charge is -2.17. The summed E-state index contributed by atoms with van der Waals surface area (Å²) in [4.78, 5) is 43.8. The van der Waals surface area contributed by atoms with Gasteiger partial charge < -0.3 is 10.6 Å². The van der Waals surface area contributed by atoms with E-state index in [2.05, 4.69) is 4.98 Å². The average Bonchev–Trinajstić information content (AvgIpc) is 3.16. The zero-order valence-electron chi connectivity index (χ0n) is 14.7. The summed E-state index contributed by atoms with van der Waals surface area (Å²) < 4.78 is 0. The van der Waals surface area contributed by atoms with Gasteiger partial charge in [-0.25, -0.2) is 9.78 Å². The Morgan fingerprint density at radius 1 is 1.31 bits per heavy atom. The molecule has 26 heavy (non-hydrogen) atoms. The molecule has 0 saturated carbocycles. The van der Waals surface area contributed by atoms with Gasteiger partial charge in [0.15, 0.2) is 10.9 Å². The Morgan fingerprint density at radius 3 is 2.73 bits per heavy atom. The number of carbonyl (C=O) groups excluding carboxylic acids is 3. The number of Topliss-reactive ketones (excluding diaryl/α,β-unsaturated/α-hetero) is 1. The van der Waals surface area contributed by atoms with Gasteiger partial charge in [-0.15, -0.1) is 0 Å². The van der Waals surface area contributed by atoms with Gasteiger partial charge in [-0.1, -0.05) is 23.5 Å². The number of nitrogens with two attached hydrogens (primary N) is 1. The molecule has 0 unspecified atom stereocenters. The smallest absolute Gasteiger partial charge is 0.326 e. The molecule has 136 valence electrons. The fraction of sp³-hybridized carbons (Fsp3) is 0.333. The first-order valence-corrected chi connectivity index (χ1v) is 9.12. The predicted molar refractivity (Wildman–Crippen MR) is 99.8 cm³/mol. The molecule has 0 spiro atoms. The number of thiazole rings is 1. The summed E-state index contributed by atoms with van der Waals surface area (Å²) in [6.45, 7) is 4.97. The Labute approximate surface area is 155 Å². The molecule has 0 bridgehead atoms. The summed E-state index contributed by atoms with van der Waals surface area (Å²) in [5.74, 6) is -0.500. The summed E-state index contributed by atoms with van der Waals surface area (Å²) in [6.07, 6.45) is 0.635. The number of rotatable bonds is 6. The molecule has 1 aromatic heterocycles. The van der Waals surface area contributed by atoms with E-state index in [9.17, 15) is 14.4 Å². The number of ketones is 1. The molecule has 8 heteroatoms. The van der Waals surface area contributed by atoms with E-state index in [0.717, 1.165) is 5.56 Å². The quantitative estimate of drug-likeness (QED) is 0.787. The predicted octanol–water partition coefficient (Wildman–Crippen LogP) is 2.24. The van der Waals surface area contributed by atoms with E-state index < -0.39 is 5.91 Å². The number of benzene rings is 1. The molecule has 2 aromatic rings. The highest BCUT2D eigenvalue weighted by molar-refractivity contribution is 7.17. The van der Waals surface area contributed by atoms with Crippen LogP contribution in [0.4, 0.5) is 9.93 Å². The van der Waals surface area contributed by atoms with Gasteiger partial charge in [-0.2, -0.15) is 0 Å². The molecule has 1 aliphatic rings. The zero-order chi connectivity index (χ0) is 18.8. The number of hydrogen-bond acceptors (Lipinski definition) is 5. The van der Waals surface area contributed by atoms with Crippen molar-refractivity contribution in [2.45, 2.75) is 20.3 Å². The summed E-state index contributed by atoms with van der Waals surface area (Å²) in [5, 5.41) is 0.566. The fourth-order valence-electron chi connectivity index (χ4n) is 2.94. The van der Waals surface area contributed by atoms with Gasteiger partial charge in [-0.3, -0.25) is 14.5 Å². The third-order valence-electron chi connectivity index (χ3n) is 4.31. The molecule has 0 atom stereocenters. The minimum atomic E-state index is -0.462. The maximum absolute atomic E-state index is 12.7. The first-order chi connectivity index (χ1) is 12.4. The number of amides is 3. The molecule has 0 radical (unpaired) electrons. The summed E-state index contributed by atoms with van der Waals surface area (Å²) in [7, 11) is 0. The second-order valence-electron chi connectivity index (χ2n) is 6.20. The van der Waals surface area contributed by atoms with Crippen LogP contribution in [-0.4, -0.2) is 47.2 Å². The van der Waals surface area contributed by atoms with Crippen molar-refractivity contribution in [3.8, 4) is 0 Å². The first kappa shape index (κ1) is 18.1. The van der Waals surface area contributed by atoms with Crippen molar-refractivity contribution < 1.29 is 14.4 Å². The Hall–Kier alpha value is -2.74. The molecule has 0 aliphatic carbocycles. The third kappa shape index (κ3) is 3.60. The van der Waals surface area contributed by atoms with Crippen LogP contribution in [0.15, 0.2) is 24.3 Å². The molecule has 1 aromatic carbocycles. The number of hydrogen-bond donors (Lipinski definition) is 1. The van der Waals surface area contributed by atoms with Crippen molar-refractivity contribution in [2.75, 3.05) is 24.5 Å². The number of carbonyl (C=O) groups is 3. The Balaban J connectivity index is 1.66. The molecule has 3 amide bonds. The zero-order valence-corrected chi connectivity index (χ0v) is 15.5. The molecule has 3 rings (SSSR count). The highest BCUT2D eigenvalue weighted by atomic mass is 32.1. The van der Waals surface area contributed by atoms with Crippen molar-refractivity contribution in [2.24, 2.45) is 5.73 Å². The van der Waals surface area contributed by atoms with Gasteiger partial charge in [0, 0.05) is 32.1 Å². The second kappa shape index (κ2) is 7.25. The van der Waals surface area contributed by atoms with Gasteiger partial charge >= 0.3 is 6.03 Å². The largest absolute Gasteiger partial charge is 0.366 e. The first-order valence-electron chi connectivity index (χ1n) is 8.30. The molecule has 1 fully saturated rings. The second-order valence-corrected chi connectivity index (χ2v) is 7.18.